The number of nitro groups is 1. The average molecular weight is 312 g/mol. The first-order valence-electron chi connectivity index (χ1n) is 6.85. The summed E-state index contributed by atoms with van der Waals surface area (Å²) in [6, 6.07) is 6.22. The molecule has 0 unspecified atom stereocenters. The normalized spacial score (nSPS) is 23.5. The van der Waals surface area contributed by atoms with Gasteiger partial charge in [-0.3, -0.25) is 14.9 Å². The SMILES string of the molecule is Cl.O=C(Cc1ccc([N+](=O)[O-])cc1)N1C[C@H]2CNC[C@H]2C1. The van der Waals surface area contributed by atoms with E-state index in [0.717, 1.165) is 31.7 Å². The lowest BCUT2D eigenvalue weighted by Gasteiger charge is -2.17. The third-order valence-corrected chi connectivity index (χ3v) is 4.24. The van der Waals surface area contributed by atoms with Gasteiger partial charge in [0.1, 0.15) is 0 Å². The zero-order valence-corrected chi connectivity index (χ0v) is 12.3. The molecule has 2 aliphatic rings. The summed E-state index contributed by atoms with van der Waals surface area (Å²) in [6.45, 7) is 3.69. The highest BCUT2D eigenvalue weighted by molar-refractivity contribution is 5.85. The van der Waals surface area contributed by atoms with Crippen LogP contribution in [0, 0.1) is 22.0 Å². The number of carbonyl (C=O) groups excluding carboxylic acids is 1. The second-order valence-corrected chi connectivity index (χ2v) is 5.58. The Balaban J connectivity index is 0.00000161. The molecule has 0 bridgehead atoms. The zero-order chi connectivity index (χ0) is 14.1. The van der Waals surface area contributed by atoms with Crippen molar-refractivity contribution in [2.24, 2.45) is 11.8 Å². The summed E-state index contributed by atoms with van der Waals surface area (Å²) in [4.78, 5) is 24.3. The third-order valence-electron chi connectivity index (χ3n) is 4.24. The van der Waals surface area contributed by atoms with Crippen LogP contribution in [0.3, 0.4) is 0 Å². The highest BCUT2D eigenvalue weighted by atomic mass is 35.5. The van der Waals surface area contributed by atoms with Crippen LogP contribution in [-0.2, 0) is 11.2 Å². The summed E-state index contributed by atoms with van der Waals surface area (Å²) < 4.78 is 0. The molecular formula is C14H18ClN3O3. The van der Waals surface area contributed by atoms with Crippen LogP contribution < -0.4 is 5.32 Å². The molecule has 0 spiro atoms. The number of nitro benzene ring substituents is 1. The summed E-state index contributed by atoms with van der Waals surface area (Å²) in [5, 5.41) is 13.9. The zero-order valence-electron chi connectivity index (χ0n) is 11.5. The number of halogens is 1. The summed E-state index contributed by atoms with van der Waals surface area (Å²) in [5.74, 6) is 1.31. The molecule has 2 fully saturated rings. The second kappa shape index (κ2) is 6.41. The van der Waals surface area contributed by atoms with Crippen LogP contribution in [0.15, 0.2) is 24.3 Å². The number of non-ortho nitro benzene ring substituents is 1. The molecule has 1 N–H and O–H groups in total. The highest BCUT2D eigenvalue weighted by Crippen LogP contribution is 2.26. The van der Waals surface area contributed by atoms with E-state index >= 15 is 0 Å². The minimum Gasteiger partial charge on any atom is -0.342 e. The van der Waals surface area contributed by atoms with Gasteiger partial charge in [0.25, 0.3) is 5.69 Å². The highest BCUT2D eigenvalue weighted by Gasteiger charge is 2.37. The van der Waals surface area contributed by atoms with Gasteiger partial charge in [-0.15, -0.1) is 12.4 Å². The number of nitrogens with zero attached hydrogens (tertiary/aromatic N) is 2. The van der Waals surface area contributed by atoms with Crippen molar-refractivity contribution >= 4 is 24.0 Å². The lowest BCUT2D eigenvalue weighted by molar-refractivity contribution is -0.384. The van der Waals surface area contributed by atoms with Crippen molar-refractivity contribution in [1.29, 1.82) is 0 Å². The van der Waals surface area contributed by atoms with Gasteiger partial charge in [0.05, 0.1) is 11.3 Å². The third kappa shape index (κ3) is 3.33. The van der Waals surface area contributed by atoms with Crippen LogP contribution in [0.1, 0.15) is 5.56 Å². The Morgan fingerprint density at radius 1 is 1.24 bits per heavy atom. The molecule has 2 heterocycles. The molecular weight excluding hydrogens is 294 g/mol. The fraction of sp³-hybridized carbons (Fsp3) is 0.500. The summed E-state index contributed by atoms with van der Waals surface area (Å²) in [7, 11) is 0. The Hall–Kier alpha value is -1.66. The minimum absolute atomic E-state index is 0. The number of hydrogen-bond donors (Lipinski definition) is 1. The first kappa shape index (κ1) is 15.7. The Labute approximate surface area is 129 Å². The molecule has 1 aromatic carbocycles. The molecule has 0 saturated carbocycles. The van der Waals surface area contributed by atoms with Crippen molar-refractivity contribution in [3.05, 3.63) is 39.9 Å². The van der Waals surface area contributed by atoms with Crippen LogP contribution in [0.4, 0.5) is 5.69 Å². The van der Waals surface area contributed by atoms with E-state index in [9.17, 15) is 14.9 Å². The van der Waals surface area contributed by atoms with Gasteiger partial charge < -0.3 is 10.2 Å². The molecule has 2 saturated heterocycles. The predicted octanol–water partition coefficient (Wildman–Crippen LogP) is 1.24. The van der Waals surface area contributed by atoms with Gasteiger partial charge in [-0.2, -0.15) is 0 Å². The largest absolute Gasteiger partial charge is 0.342 e. The number of rotatable bonds is 3. The fourth-order valence-electron chi connectivity index (χ4n) is 3.08. The Kier molecular flexibility index (Phi) is 4.80. The van der Waals surface area contributed by atoms with Crippen molar-refractivity contribution in [3.63, 3.8) is 0 Å². The lowest BCUT2D eigenvalue weighted by Crippen LogP contribution is -2.32. The maximum absolute atomic E-state index is 12.2. The van der Waals surface area contributed by atoms with Gasteiger partial charge in [-0.1, -0.05) is 12.1 Å². The van der Waals surface area contributed by atoms with E-state index < -0.39 is 4.92 Å². The van der Waals surface area contributed by atoms with Crippen LogP contribution >= 0.6 is 12.4 Å². The van der Waals surface area contributed by atoms with Crippen molar-refractivity contribution in [2.45, 2.75) is 6.42 Å². The Bertz CT molecular complexity index is 523. The molecule has 114 valence electrons. The Morgan fingerprint density at radius 3 is 2.33 bits per heavy atom. The molecule has 21 heavy (non-hydrogen) atoms. The topological polar surface area (TPSA) is 75.5 Å². The first-order valence-corrected chi connectivity index (χ1v) is 6.85. The van der Waals surface area contributed by atoms with E-state index in [1.165, 1.54) is 12.1 Å². The van der Waals surface area contributed by atoms with Gasteiger partial charge in [-0.25, -0.2) is 0 Å². The predicted molar refractivity (Wildman–Crippen MR) is 80.5 cm³/mol. The van der Waals surface area contributed by atoms with Gasteiger partial charge in [0, 0.05) is 38.3 Å². The number of fused-ring (bicyclic) bond motifs is 1. The van der Waals surface area contributed by atoms with E-state index in [0.29, 0.717) is 18.3 Å². The first-order chi connectivity index (χ1) is 9.63. The smallest absolute Gasteiger partial charge is 0.269 e. The number of benzene rings is 1. The van der Waals surface area contributed by atoms with Crippen molar-refractivity contribution in [2.75, 3.05) is 26.2 Å². The van der Waals surface area contributed by atoms with E-state index in [1.54, 1.807) is 12.1 Å². The van der Waals surface area contributed by atoms with Gasteiger partial charge >= 0.3 is 0 Å². The number of nitrogens with one attached hydrogen (secondary N) is 1. The molecule has 2 atom stereocenters. The maximum atomic E-state index is 12.2. The molecule has 2 aliphatic heterocycles. The Morgan fingerprint density at radius 2 is 1.81 bits per heavy atom. The number of amides is 1. The van der Waals surface area contributed by atoms with Crippen LogP contribution in [-0.4, -0.2) is 41.9 Å². The molecule has 1 amide bonds. The number of carbonyl (C=O) groups is 1. The van der Waals surface area contributed by atoms with E-state index in [2.05, 4.69) is 5.32 Å². The molecule has 0 aromatic heterocycles. The summed E-state index contributed by atoms with van der Waals surface area (Å²) in [6.07, 6.45) is 0.324. The monoisotopic (exact) mass is 311 g/mol. The molecule has 6 nitrogen and oxygen atoms in total. The van der Waals surface area contributed by atoms with Gasteiger partial charge in [0.2, 0.25) is 5.91 Å². The lowest BCUT2D eigenvalue weighted by atomic mass is 10.0. The van der Waals surface area contributed by atoms with E-state index in [-0.39, 0.29) is 24.0 Å². The van der Waals surface area contributed by atoms with Crippen LogP contribution in [0.25, 0.3) is 0 Å². The van der Waals surface area contributed by atoms with Crippen molar-refractivity contribution in [3.8, 4) is 0 Å². The van der Waals surface area contributed by atoms with E-state index in [4.69, 9.17) is 0 Å². The van der Waals surface area contributed by atoms with Crippen molar-refractivity contribution in [1.82, 2.24) is 10.2 Å². The molecule has 3 rings (SSSR count). The number of hydrogen-bond acceptors (Lipinski definition) is 4. The maximum Gasteiger partial charge on any atom is 0.269 e. The molecule has 0 aliphatic carbocycles. The summed E-state index contributed by atoms with van der Waals surface area (Å²) in [5.41, 5.74) is 0.888. The minimum atomic E-state index is -0.430. The van der Waals surface area contributed by atoms with Gasteiger partial charge in [0.15, 0.2) is 0 Å². The van der Waals surface area contributed by atoms with Crippen LogP contribution in [0.2, 0.25) is 0 Å². The average Bonchev–Trinajstić information content (AvgIpc) is 2.99. The standard InChI is InChI=1S/C14H17N3O3.ClH/c18-14(16-8-11-6-15-7-12(11)9-16)5-10-1-3-13(4-2-10)17(19)20;/h1-4,11-12,15H,5-9H2;1H/t11-,12+;. The second-order valence-electron chi connectivity index (χ2n) is 5.58. The van der Waals surface area contributed by atoms with Gasteiger partial charge in [-0.05, 0) is 17.4 Å². The van der Waals surface area contributed by atoms with Crippen LogP contribution in [0.5, 0.6) is 0 Å². The molecule has 7 heteroatoms. The van der Waals surface area contributed by atoms with E-state index in [1.807, 2.05) is 4.90 Å². The molecule has 0 radical (unpaired) electrons. The van der Waals surface area contributed by atoms with Crippen molar-refractivity contribution < 1.29 is 9.72 Å². The molecule has 1 aromatic rings. The fourth-order valence-corrected chi connectivity index (χ4v) is 3.08. The summed E-state index contributed by atoms with van der Waals surface area (Å²) >= 11 is 0. The number of likely N-dealkylation sites (tertiary alicyclic amines) is 1. The quantitative estimate of drug-likeness (QED) is 0.673.